The number of Topliss-reactive ketones (excluding diaryl/α,β-unsaturated/α-hetero) is 3. The lowest BCUT2D eigenvalue weighted by Gasteiger charge is -2.42. The van der Waals surface area contributed by atoms with Crippen LogP contribution in [0.1, 0.15) is 126 Å². The predicted octanol–water partition coefficient (Wildman–Crippen LogP) is 6.43. The minimum absolute atomic E-state index is 0.0235. The molecule has 1 saturated carbocycles. The number of fused-ring (bicyclic) bond motifs is 3. The lowest BCUT2D eigenvalue weighted by Crippen LogP contribution is -2.60. The Morgan fingerprint density at radius 1 is 0.848 bits per heavy atom. The van der Waals surface area contributed by atoms with Gasteiger partial charge in [0.1, 0.15) is 24.0 Å². The van der Waals surface area contributed by atoms with E-state index in [0.29, 0.717) is 63.4 Å². The number of methoxy groups -OCH3 is 3. The highest BCUT2D eigenvalue weighted by atomic mass is 16.6. The fourth-order valence-electron chi connectivity index (χ4n) is 10.3. The number of hydrogen-bond acceptors (Lipinski definition) is 13. The molecular formula is C52H81NO13. The summed E-state index contributed by atoms with van der Waals surface area (Å²) in [6, 6.07) is -1.08. The third-order valence-electron chi connectivity index (χ3n) is 14.9. The summed E-state index contributed by atoms with van der Waals surface area (Å²) in [7, 11) is 4.56. The van der Waals surface area contributed by atoms with E-state index in [1.54, 1.807) is 41.1 Å². The molecule has 2 saturated heterocycles. The number of carbonyl (C=O) groups is 5. The number of piperidine rings is 1. The molecule has 4 aliphatic rings. The zero-order chi connectivity index (χ0) is 48.9. The maximum Gasteiger partial charge on any atom is 0.328 e. The number of carbonyl (C=O) groups excluding carboxylic acids is 5. The normalized spacial score (nSPS) is 40.2. The van der Waals surface area contributed by atoms with Crippen molar-refractivity contribution in [3.63, 3.8) is 0 Å². The van der Waals surface area contributed by atoms with Crippen molar-refractivity contribution >= 4 is 29.2 Å². The van der Waals surface area contributed by atoms with Crippen LogP contribution in [0.4, 0.5) is 0 Å². The Kier molecular flexibility index (Phi) is 21.6. The van der Waals surface area contributed by atoms with Crippen LogP contribution in [-0.4, -0.2) is 132 Å². The van der Waals surface area contributed by atoms with Gasteiger partial charge in [0, 0.05) is 64.4 Å². The van der Waals surface area contributed by atoms with E-state index >= 15 is 0 Å². The number of aliphatic hydroxyl groups excluding tert-OH is 2. The minimum Gasteiger partial charge on any atom is -0.464 e. The Morgan fingerprint density at radius 2 is 1.58 bits per heavy atom. The van der Waals surface area contributed by atoms with Crippen LogP contribution in [0.25, 0.3) is 0 Å². The molecule has 4 rings (SSSR count). The van der Waals surface area contributed by atoms with Gasteiger partial charge in [0.15, 0.2) is 5.78 Å². The third kappa shape index (κ3) is 14.6. The minimum atomic E-state index is -2.41. The van der Waals surface area contributed by atoms with Gasteiger partial charge in [-0.05, 0) is 107 Å². The zero-order valence-corrected chi connectivity index (χ0v) is 41.3. The van der Waals surface area contributed by atoms with Gasteiger partial charge in [-0.1, -0.05) is 71.1 Å². The van der Waals surface area contributed by atoms with Crippen LogP contribution >= 0.6 is 0 Å². The van der Waals surface area contributed by atoms with Crippen LogP contribution in [-0.2, 0) is 47.7 Å². The van der Waals surface area contributed by atoms with Crippen molar-refractivity contribution in [2.45, 2.75) is 174 Å². The highest BCUT2D eigenvalue weighted by Crippen LogP contribution is 2.38. The largest absolute Gasteiger partial charge is 0.464 e. The quantitative estimate of drug-likeness (QED) is 0.150. The van der Waals surface area contributed by atoms with Crippen LogP contribution < -0.4 is 0 Å². The first-order valence-corrected chi connectivity index (χ1v) is 24.4. The summed E-state index contributed by atoms with van der Waals surface area (Å²) in [5.74, 6) is -7.73. The van der Waals surface area contributed by atoms with Crippen LogP contribution in [0.15, 0.2) is 47.6 Å². The molecule has 2 bridgehead atoms. The molecule has 3 aliphatic heterocycles. The Labute approximate surface area is 393 Å². The number of ketones is 3. The van der Waals surface area contributed by atoms with Crippen molar-refractivity contribution < 1.29 is 63.0 Å². The standard InChI is InChI=1S/C52H81NO13/c1-31-16-12-11-13-17-32(2)44(62-8)29-40-21-19-37(7)52(61,66-40)49(58)50(59)53-23-15-14-18-41(53)51(60)65-30-39(33(3)26-38-20-22-42(54)45(27-38)63-9)28-43(55)34(4)25-36(6)47(57)48(64-10)46(56)35(5)24-31/h11-13,16-17,25,31,33-35,37-42,44-45,47-48,54,57,61H,14-15,18-24,26-30H2,1-10H3/b13-11+,16-12+,32-17+,36-25+/t31-,33-,34-,35-,37-,38+,39-,40+,41+,42-,44+,45-,47-,48+,52-/m1/s1. The molecule has 0 radical (unpaired) electrons. The zero-order valence-electron chi connectivity index (χ0n) is 41.3. The van der Waals surface area contributed by atoms with E-state index in [4.69, 9.17) is 23.7 Å². The molecule has 14 nitrogen and oxygen atoms in total. The van der Waals surface area contributed by atoms with E-state index in [-0.39, 0.29) is 61.4 Å². The van der Waals surface area contributed by atoms with Crippen molar-refractivity contribution in [2.75, 3.05) is 34.5 Å². The monoisotopic (exact) mass is 928 g/mol. The molecule has 3 fully saturated rings. The molecular weight excluding hydrogens is 847 g/mol. The number of aliphatic hydroxyl groups is 3. The van der Waals surface area contributed by atoms with Gasteiger partial charge in [-0.2, -0.15) is 0 Å². The maximum absolute atomic E-state index is 14.1. The highest BCUT2D eigenvalue weighted by Gasteiger charge is 2.53. The Bertz CT molecular complexity index is 1770. The lowest BCUT2D eigenvalue weighted by molar-refractivity contribution is -0.265. The predicted molar refractivity (Wildman–Crippen MR) is 250 cm³/mol. The number of ether oxygens (including phenoxy) is 5. The second-order valence-electron chi connectivity index (χ2n) is 20.0. The van der Waals surface area contributed by atoms with Crippen molar-refractivity contribution in [1.29, 1.82) is 0 Å². The van der Waals surface area contributed by atoms with E-state index in [0.717, 1.165) is 12.0 Å². The molecule has 0 aromatic heterocycles. The molecule has 0 spiro atoms. The van der Waals surface area contributed by atoms with Crippen molar-refractivity contribution in [2.24, 2.45) is 41.4 Å². The summed E-state index contributed by atoms with van der Waals surface area (Å²) in [6.45, 7) is 12.8. The van der Waals surface area contributed by atoms with Gasteiger partial charge in [-0.3, -0.25) is 19.2 Å². The highest BCUT2D eigenvalue weighted by molar-refractivity contribution is 6.39. The van der Waals surface area contributed by atoms with Crippen LogP contribution in [0.2, 0.25) is 0 Å². The summed E-state index contributed by atoms with van der Waals surface area (Å²) in [4.78, 5) is 71.3. The molecule has 14 heteroatoms. The number of hydrogen-bond donors (Lipinski definition) is 3. The molecule has 66 heavy (non-hydrogen) atoms. The van der Waals surface area contributed by atoms with E-state index in [1.807, 2.05) is 58.1 Å². The first kappa shape index (κ1) is 55.2. The average Bonchev–Trinajstić information content (AvgIpc) is 3.29. The van der Waals surface area contributed by atoms with Gasteiger partial charge in [0.05, 0.1) is 31.0 Å². The molecule has 1 aliphatic carbocycles. The smallest absolute Gasteiger partial charge is 0.328 e. The Balaban J connectivity index is 1.67. The molecule has 3 heterocycles. The van der Waals surface area contributed by atoms with Gasteiger partial charge >= 0.3 is 5.97 Å². The Hall–Kier alpha value is -3.37. The average molecular weight is 928 g/mol. The second-order valence-corrected chi connectivity index (χ2v) is 20.0. The summed E-state index contributed by atoms with van der Waals surface area (Å²) in [6.07, 6.45) is 12.9. The number of allylic oxidation sites excluding steroid dienone is 6. The summed E-state index contributed by atoms with van der Waals surface area (Å²) in [5, 5.41) is 33.8. The van der Waals surface area contributed by atoms with Gasteiger partial charge in [-0.25, -0.2) is 4.79 Å². The van der Waals surface area contributed by atoms with E-state index in [1.165, 1.54) is 12.0 Å². The molecule has 1 amide bonds. The van der Waals surface area contributed by atoms with Crippen LogP contribution in [0, 0.1) is 41.4 Å². The van der Waals surface area contributed by atoms with Crippen molar-refractivity contribution in [1.82, 2.24) is 4.90 Å². The summed E-state index contributed by atoms with van der Waals surface area (Å²) >= 11 is 0. The van der Waals surface area contributed by atoms with E-state index in [9.17, 15) is 39.3 Å². The van der Waals surface area contributed by atoms with Gasteiger partial charge in [-0.15, -0.1) is 0 Å². The van der Waals surface area contributed by atoms with Gasteiger partial charge in [0.2, 0.25) is 5.79 Å². The first-order chi connectivity index (χ1) is 31.2. The topological polar surface area (TPSA) is 195 Å². The molecule has 0 aromatic carbocycles. The lowest BCUT2D eigenvalue weighted by atomic mass is 9.76. The van der Waals surface area contributed by atoms with Gasteiger partial charge < -0.3 is 43.9 Å². The fraction of sp³-hybridized carbons (Fsp3) is 0.750. The number of amides is 1. The van der Waals surface area contributed by atoms with Crippen molar-refractivity contribution in [3.05, 3.63) is 47.6 Å². The maximum atomic E-state index is 14.1. The van der Waals surface area contributed by atoms with Crippen molar-refractivity contribution in [3.8, 4) is 0 Å². The second kappa shape index (κ2) is 25.8. The number of cyclic esters (lactones) is 1. The molecule has 3 N–H and O–H groups in total. The molecule has 0 aromatic rings. The number of esters is 1. The molecule has 15 atom stereocenters. The third-order valence-corrected chi connectivity index (χ3v) is 14.9. The fourth-order valence-corrected chi connectivity index (χ4v) is 10.3. The number of rotatable bonds is 6. The Morgan fingerprint density at radius 3 is 2.26 bits per heavy atom. The SMILES string of the molecule is CO[C@H]1C[C@@H]2CC[C@@H](C)[C@@](O)(O2)C(=O)C(=O)N2CCCC[C@H]2C(=O)OC[C@H]([C@H](C)C[C@@H]2CC[C@@H](O)[C@H](OC)C2)CC(=O)[C@H](C)/C=C(\C)[C@@H](O)[C@@H](OC)C(=O)[C@H](C)C[C@H](C)/C=C/C=C/C=C/1C. The van der Waals surface area contributed by atoms with E-state index < -0.39 is 83.7 Å². The molecule has 372 valence electrons. The van der Waals surface area contributed by atoms with Gasteiger partial charge in [0.25, 0.3) is 11.7 Å². The van der Waals surface area contributed by atoms with Crippen LogP contribution in [0.5, 0.6) is 0 Å². The molecule has 0 unspecified atom stereocenters. The number of nitrogens with zero attached hydrogens (tertiary/aromatic N) is 1. The summed E-state index contributed by atoms with van der Waals surface area (Å²) in [5.41, 5.74) is 1.31. The van der Waals surface area contributed by atoms with Crippen LogP contribution in [0.3, 0.4) is 0 Å². The summed E-state index contributed by atoms with van der Waals surface area (Å²) < 4.78 is 29.1. The van der Waals surface area contributed by atoms with E-state index in [2.05, 4.69) is 0 Å². The first-order valence-electron chi connectivity index (χ1n) is 24.4.